The number of nitrogens with zero attached hydrogens (tertiary/aromatic N) is 2. The van der Waals surface area contributed by atoms with Crippen LogP contribution >= 0.6 is 23.2 Å². The molecule has 0 saturated carbocycles. The van der Waals surface area contributed by atoms with Gasteiger partial charge in [0.25, 0.3) is 17.5 Å². The Morgan fingerprint density at radius 2 is 1.70 bits per heavy atom. The highest BCUT2D eigenvalue weighted by Gasteiger charge is 2.37. The molecule has 37 heavy (non-hydrogen) atoms. The van der Waals surface area contributed by atoms with Crippen LogP contribution in [-0.4, -0.2) is 29.9 Å². The Bertz CT molecular complexity index is 1460. The zero-order valence-electron chi connectivity index (χ0n) is 19.1. The van der Waals surface area contributed by atoms with Gasteiger partial charge in [-0.25, -0.2) is 9.69 Å². The number of imide groups is 2. The summed E-state index contributed by atoms with van der Waals surface area (Å²) in [6, 6.07) is 13.9. The molecule has 1 heterocycles. The quantitative estimate of drug-likeness (QED) is 0.189. The monoisotopic (exact) mass is 541 g/mol. The highest BCUT2D eigenvalue weighted by Crippen LogP contribution is 2.32. The minimum absolute atomic E-state index is 0.0283. The molecule has 4 amide bonds. The minimum Gasteiger partial charge on any atom is -0.493 e. The van der Waals surface area contributed by atoms with Gasteiger partial charge in [-0.2, -0.15) is 0 Å². The number of carbonyl (C=O) groups is 3. The Labute approximate surface area is 220 Å². The number of rotatable bonds is 7. The van der Waals surface area contributed by atoms with Gasteiger partial charge in [-0.1, -0.05) is 29.3 Å². The molecule has 3 aromatic carbocycles. The number of carbonyl (C=O) groups excluding carboxylic acids is 3. The molecule has 0 bridgehead atoms. The molecule has 3 aromatic rings. The smallest absolute Gasteiger partial charge is 0.335 e. The predicted molar refractivity (Wildman–Crippen MR) is 136 cm³/mol. The number of methoxy groups -OCH3 is 1. The molecule has 0 atom stereocenters. The number of nitrogens with one attached hydrogen (secondary N) is 1. The van der Waals surface area contributed by atoms with Crippen LogP contribution in [0.3, 0.4) is 0 Å². The van der Waals surface area contributed by atoms with Gasteiger partial charge in [0.1, 0.15) is 12.2 Å². The van der Waals surface area contributed by atoms with Crippen molar-refractivity contribution in [3.63, 3.8) is 0 Å². The number of benzene rings is 3. The van der Waals surface area contributed by atoms with Crippen molar-refractivity contribution in [1.29, 1.82) is 0 Å². The van der Waals surface area contributed by atoms with E-state index in [9.17, 15) is 24.5 Å². The molecule has 10 nitrogen and oxygen atoms in total. The summed E-state index contributed by atoms with van der Waals surface area (Å²) in [7, 11) is 1.42. The third-order valence-electron chi connectivity index (χ3n) is 5.30. The summed E-state index contributed by atoms with van der Waals surface area (Å²) < 4.78 is 11.2. The maximum Gasteiger partial charge on any atom is 0.335 e. The second kappa shape index (κ2) is 10.7. The lowest BCUT2D eigenvalue weighted by Crippen LogP contribution is -2.54. The second-order valence-corrected chi connectivity index (χ2v) is 8.49. The topological polar surface area (TPSA) is 128 Å². The predicted octanol–water partition coefficient (Wildman–Crippen LogP) is 5.16. The number of amides is 4. The standard InChI is InChI=1S/C25H17Cl2N3O7/c1-36-22-11-15(4-9-21(22)37-13-14-2-5-16(6-3-14)30(34)35)10-18-23(31)28-25(33)29(24(18)32)17-7-8-19(26)20(27)12-17/h2-12H,13H2,1H3,(H,28,31,33)/b18-10+. The number of hydrogen-bond donors (Lipinski definition) is 1. The summed E-state index contributed by atoms with van der Waals surface area (Å²) in [6.07, 6.45) is 1.32. The van der Waals surface area contributed by atoms with E-state index in [-0.39, 0.29) is 33.6 Å². The van der Waals surface area contributed by atoms with Crippen LogP contribution < -0.4 is 19.7 Å². The van der Waals surface area contributed by atoms with E-state index in [0.29, 0.717) is 22.6 Å². The molecule has 1 fully saturated rings. The fourth-order valence-electron chi connectivity index (χ4n) is 3.45. The van der Waals surface area contributed by atoms with E-state index in [1.165, 1.54) is 43.5 Å². The van der Waals surface area contributed by atoms with Gasteiger partial charge in [0.15, 0.2) is 11.5 Å². The van der Waals surface area contributed by atoms with E-state index in [2.05, 4.69) is 5.32 Å². The molecule has 4 rings (SSSR count). The summed E-state index contributed by atoms with van der Waals surface area (Å²) in [5.41, 5.74) is 0.964. The molecule has 0 spiro atoms. The third-order valence-corrected chi connectivity index (χ3v) is 6.04. The van der Waals surface area contributed by atoms with Crippen LogP contribution in [0.2, 0.25) is 10.0 Å². The van der Waals surface area contributed by atoms with Gasteiger partial charge in [0, 0.05) is 12.1 Å². The van der Waals surface area contributed by atoms with Crippen molar-refractivity contribution in [2.45, 2.75) is 6.61 Å². The molecular formula is C25H17Cl2N3O7. The minimum atomic E-state index is -0.918. The summed E-state index contributed by atoms with van der Waals surface area (Å²) >= 11 is 11.9. The third kappa shape index (κ3) is 5.55. The van der Waals surface area contributed by atoms with Gasteiger partial charge in [-0.3, -0.25) is 25.0 Å². The van der Waals surface area contributed by atoms with Crippen molar-refractivity contribution < 1.29 is 28.8 Å². The van der Waals surface area contributed by atoms with Crippen LogP contribution in [0.5, 0.6) is 11.5 Å². The number of non-ortho nitro benzene ring substituents is 1. The number of hydrogen-bond acceptors (Lipinski definition) is 7. The van der Waals surface area contributed by atoms with Gasteiger partial charge in [0.2, 0.25) is 0 Å². The number of urea groups is 1. The number of anilines is 1. The molecule has 0 unspecified atom stereocenters. The fraction of sp³-hybridized carbons (Fsp3) is 0.0800. The van der Waals surface area contributed by atoms with Crippen molar-refractivity contribution >= 4 is 58.5 Å². The number of nitro groups is 1. The van der Waals surface area contributed by atoms with Crippen molar-refractivity contribution in [3.05, 3.63) is 97.5 Å². The summed E-state index contributed by atoms with van der Waals surface area (Å²) in [6.45, 7) is 0.121. The van der Waals surface area contributed by atoms with Crippen molar-refractivity contribution in [2.24, 2.45) is 0 Å². The molecule has 0 radical (unpaired) electrons. The molecule has 1 saturated heterocycles. The molecule has 1 N–H and O–H groups in total. The lowest BCUT2D eigenvalue weighted by molar-refractivity contribution is -0.384. The molecule has 1 aliphatic rings. The van der Waals surface area contributed by atoms with E-state index in [1.807, 2.05) is 0 Å². The zero-order valence-corrected chi connectivity index (χ0v) is 20.6. The largest absolute Gasteiger partial charge is 0.493 e. The van der Waals surface area contributed by atoms with E-state index in [1.54, 1.807) is 30.3 Å². The van der Waals surface area contributed by atoms with Crippen molar-refractivity contribution in [3.8, 4) is 11.5 Å². The highest BCUT2D eigenvalue weighted by atomic mass is 35.5. The van der Waals surface area contributed by atoms with E-state index < -0.39 is 22.8 Å². The van der Waals surface area contributed by atoms with Crippen molar-refractivity contribution in [1.82, 2.24) is 5.32 Å². The Hall–Kier alpha value is -4.41. The Kier molecular flexibility index (Phi) is 7.42. The maximum atomic E-state index is 13.1. The maximum absolute atomic E-state index is 13.1. The van der Waals surface area contributed by atoms with Crippen molar-refractivity contribution in [2.75, 3.05) is 12.0 Å². The summed E-state index contributed by atoms with van der Waals surface area (Å²) in [4.78, 5) is 49.1. The van der Waals surface area contributed by atoms with Crippen LogP contribution in [0.4, 0.5) is 16.2 Å². The van der Waals surface area contributed by atoms with Crippen LogP contribution in [0.15, 0.2) is 66.2 Å². The SMILES string of the molecule is COc1cc(/C=C2\C(=O)NC(=O)N(c3ccc(Cl)c(Cl)c3)C2=O)ccc1OCc1ccc([N+](=O)[O-])cc1. The number of barbiturate groups is 1. The Morgan fingerprint density at radius 3 is 2.35 bits per heavy atom. The van der Waals surface area contributed by atoms with Crippen LogP contribution in [0.1, 0.15) is 11.1 Å². The average Bonchev–Trinajstić information content (AvgIpc) is 2.87. The van der Waals surface area contributed by atoms with E-state index >= 15 is 0 Å². The second-order valence-electron chi connectivity index (χ2n) is 7.68. The Balaban J connectivity index is 1.57. The van der Waals surface area contributed by atoms with Gasteiger partial charge in [-0.15, -0.1) is 0 Å². The lowest BCUT2D eigenvalue weighted by Gasteiger charge is -2.26. The first-order valence-electron chi connectivity index (χ1n) is 10.6. The molecule has 0 aromatic heterocycles. The van der Waals surface area contributed by atoms with Crippen LogP contribution in [0.25, 0.3) is 6.08 Å². The van der Waals surface area contributed by atoms with E-state index in [4.69, 9.17) is 32.7 Å². The lowest BCUT2D eigenvalue weighted by atomic mass is 10.1. The van der Waals surface area contributed by atoms with Gasteiger partial charge < -0.3 is 9.47 Å². The summed E-state index contributed by atoms with van der Waals surface area (Å²) in [5, 5.41) is 13.3. The average molecular weight is 542 g/mol. The number of nitro benzene ring substituents is 1. The Morgan fingerprint density at radius 1 is 0.973 bits per heavy atom. The van der Waals surface area contributed by atoms with Gasteiger partial charge in [0.05, 0.1) is 27.8 Å². The van der Waals surface area contributed by atoms with Crippen LogP contribution in [0, 0.1) is 10.1 Å². The normalized spacial score (nSPS) is 14.5. The van der Waals surface area contributed by atoms with Gasteiger partial charge in [-0.05, 0) is 59.7 Å². The molecule has 12 heteroatoms. The van der Waals surface area contributed by atoms with E-state index in [0.717, 1.165) is 4.90 Å². The van der Waals surface area contributed by atoms with Crippen LogP contribution in [-0.2, 0) is 16.2 Å². The van der Waals surface area contributed by atoms with Gasteiger partial charge >= 0.3 is 6.03 Å². The first-order chi connectivity index (χ1) is 17.7. The zero-order chi connectivity index (χ0) is 26.7. The summed E-state index contributed by atoms with van der Waals surface area (Å²) in [5.74, 6) is -1.01. The molecule has 188 valence electrons. The molecule has 1 aliphatic heterocycles. The number of ether oxygens (including phenoxy) is 2. The highest BCUT2D eigenvalue weighted by molar-refractivity contribution is 6.43. The molecular weight excluding hydrogens is 525 g/mol. The first-order valence-corrected chi connectivity index (χ1v) is 11.3. The first kappa shape index (κ1) is 25.7. The molecule has 0 aliphatic carbocycles. The fourth-order valence-corrected chi connectivity index (χ4v) is 3.74. The number of halogens is 2.